The Morgan fingerprint density at radius 2 is 1.96 bits per heavy atom. The van der Waals surface area contributed by atoms with Crippen LogP contribution in [0.1, 0.15) is 17.5 Å². The van der Waals surface area contributed by atoms with Gasteiger partial charge in [0.2, 0.25) is 5.88 Å². The van der Waals surface area contributed by atoms with Crippen molar-refractivity contribution < 1.29 is 22.7 Å². The lowest BCUT2D eigenvalue weighted by Gasteiger charge is -2.38. The standard InChI is InChI=1S/C19H20F3N3O2/c20-19(21,22)15-8-10-23-17(11-15)27-16-12-25(13-16)18(26)24-9-4-7-14-5-2-1-3-6-14/h1-3,5-6,8,10-11,16H,4,7,9,12-13H2,(H,24,26). The Hall–Kier alpha value is -2.77. The summed E-state index contributed by atoms with van der Waals surface area (Å²) in [4.78, 5) is 17.4. The summed E-state index contributed by atoms with van der Waals surface area (Å²) >= 11 is 0. The molecular weight excluding hydrogens is 359 g/mol. The zero-order valence-electron chi connectivity index (χ0n) is 14.6. The number of ether oxygens (including phenoxy) is 1. The molecule has 1 aliphatic rings. The maximum absolute atomic E-state index is 12.7. The monoisotopic (exact) mass is 379 g/mol. The highest BCUT2D eigenvalue weighted by atomic mass is 19.4. The summed E-state index contributed by atoms with van der Waals surface area (Å²) in [7, 11) is 0. The van der Waals surface area contributed by atoms with Crippen molar-refractivity contribution in [2.45, 2.75) is 25.1 Å². The van der Waals surface area contributed by atoms with Crippen molar-refractivity contribution in [2.75, 3.05) is 19.6 Å². The molecule has 2 aromatic rings. The van der Waals surface area contributed by atoms with E-state index in [1.54, 1.807) is 4.90 Å². The number of nitrogens with one attached hydrogen (secondary N) is 1. The highest BCUT2D eigenvalue weighted by Gasteiger charge is 2.34. The third-order valence-corrected chi connectivity index (χ3v) is 4.25. The summed E-state index contributed by atoms with van der Waals surface area (Å²) in [5.41, 5.74) is 0.414. The molecule has 0 saturated carbocycles. The lowest BCUT2D eigenvalue weighted by Crippen LogP contribution is -2.59. The number of hydrogen-bond donors (Lipinski definition) is 1. The molecule has 1 aliphatic heterocycles. The fourth-order valence-corrected chi connectivity index (χ4v) is 2.74. The van der Waals surface area contributed by atoms with Gasteiger partial charge < -0.3 is 15.0 Å². The van der Waals surface area contributed by atoms with Crippen LogP contribution in [0.3, 0.4) is 0 Å². The molecule has 1 fully saturated rings. The molecule has 0 bridgehead atoms. The van der Waals surface area contributed by atoms with Gasteiger partial charge in [-0.1, -0.05) is 30.3 Å². The number of carbonyl (C=O) groups is 1. The summed E-state index contributed by atoms with van der Waals surface area (Å²) < 4.78 is 43.5. The molecule has 2 heterocycles. The van der Waals surface area contributed by atoms with E-state index >= 15 is 0 Å². The van der Waals surface area contributed by atoms with Gasteiger partial charge in [0.15, 0.2) is 0 Å². The molecule has 1 aromatic carbocycles. The Morgan fingerprint density at radius 3 is 2.67 bits per heavy atom. The molecule has 1 aromatic heterocycles. The van der Waals surface area contributed by atoms with Crippen LogP contribution >= 0.6 is 0 Å². The van der Waals surface area contributed by atoms with Gasteiger partial charge in [-0.15, -0.1) is 0 Å². The predicted molar refractivity (Wildman–Crippen MR) is 93.4 cm³/mol. The Kier molecular flexibility index (Phi) is 5.83. The third kappa shape index (κ3) is 5.35. The van der Waals surface area contributed by atoms with E-state index in [0.717, 1.165) is 31.2 Å². The summed E-state index contributed by atoms with van der Waals surface area (Å²) in [6.07, 6.45) is -2.01. The minimum Gasteiger partial charge on any atom is -0.471 e. The number of nitrogens with zero attached hydrogens (tertiary/aromatic N) is 2. The van der Waals surface area contributed by atoms with Crippen LogP contribution in [0, 0.1) is 0 Å². The van der Waals surface area contributed by atoms with Crippen molar-refractivity contribution in [3.05, 3.63) is 59.8 Å². The van der Waals surface area contributed by atoms with Crippen LogP contribution in [0.5, 0.6) is 5.88 Å². The van der Waals surface area contributed by atoms with Crippen LogP contribution in [-0.4, -0.2) is 41.7 Å². The van der Waals surface area contributed by atoms with E-state index in [1.165, 1.54) is 5.56 Å². The topological polar surface area (TPSA) is 54.5 Å². The van der Waals surface area contributed by atoms with Crippen molar-refractivity contribution >= 4 is 6.03 Å². The number of halogens is 3. The van der Waals surface area contributed by atoms with Crippen molar-refractivity contribution in [1.29, 1.82) is 0 Å². The molecule has 0 aliphatic carbocycles. The number of alkyl halides is 3. The summed E-state index contributed by atoms with van der Waals surface area (Å²) in [5, 5.41) is 2.84. The average Bonchev–Trinajstić information content (AvgIpc) is 2.62. The Morgan fingerprint density at radius 1 is 1.22 bits per heavy atom. The first-order valence-electron chi connectivity index (χ1n) is 8.68. The van der Waals surface area contributed by atoms with Gasteiger partial charge in [-0.05, 0) is 24.5 Å². The lowest BCUT2D eigenvalue weighted by molar-refractivity contribution is -0.137. The second-order valence-electron chi connectivity index (χ2n) is 6.35. The highest BCUT2D eigenvalue weighted by Crippen LogP contribution is 2.30. The molecule has 27 heavy (non-hydrogen) atoms. The van der Waals surface area contributed by atoms with E-state index in [1.807, 2.05) is 30.3 Å². The molecule has 2 amide bonds. The molecule has 0 atom stereocenters. The van der Waals surface area contributed by atoms with Crippen LogP contribution in [-0.2, 0) is 12.6 Å². The molecule has 144 valence electrons. The Bertz CT molecular complexity index is 762. The van der Waals surface area contributed by atoms with E-state index < -0.39 is 11.7 Å². The normalized spacial score (nSPS) is 14.6. The molecule has 1 saturated heterocycles. The smallest absolute Gasteiger partial charge is 0.416 e. The Balaban J connectivity index is 1.36. The number of carbonyl (C=O) groups excluding carboxylic acids is 1. The van der Waals surface area contributed by atoms with E-state index in [0.29, 0.717) is 19.6 Å². The third-order valence-electron chi connectivity index (χ3n) is 4.25. The maximum atomic E-state index is 12.7. The maximum Gasteiger partial charge on any atom is 0.416 e. The van der Waals surface area contributed by atoms with Crippen LogP contribution in [0.2, 0.25) is 0 Å². The second kappa shape index (κ2) is 8.28. The molecule has 3 rings (SSSR count). The van der Waals surface area contributed by atoms with Gasteiger partial charge in [0, 0.05) is 18.8 Å². The van der Waals surface area contributed by atoms with Gasteiger partial charge in [0.05, 0.1) is 18.7 Å². The first-order chi connectivity index (χ1) is 12.9. The lowest BCUT2D eigenvalue weighted by atomic mass is 10.1. The van der Waals surface area contributed by atoms with Crippen molar-refractivity contribution in [2.24, 2.45) is 0 Å². The molecule has 8 heteroatoms. The summed E-state index contributed by atoms with van der Waals surface area (Å²) in [5.74, 6) is -0.0854. The van der Waals surface area contributed by atoms with Gasteiger partial charge >= 0.3 is 12.2 Å². The first-order valence-corrected chi connectivity index (χ1v) is 8.68. The van der Waals surface area contributed by atoms with E-state index in [4.69, 9.17) is 4.74 Å². The van der Waals surface area contributed by atoms with Gasteiger partial charge in [-0.25, -0.2) is 9.78 Å². The van der Waals surface area contributed by atoms with Crippen LogP contribution < -0.4 is 10.1 Å². The SMILES string of the molecule is O=C(NCCCc1ccccc1)N1CC(Oc2cc(C(F)(F)F)ccn2)C1. The highest BCUT2D eigenvalue weighted by molar-refractivity contribution is 5.75. The number of benzene rings is 1. The number of likely N-dealkylation sites (tertiary alicyclic amines) is 1. The number of aromatic nitrogens is 1. The van der Waals surface area contributed by atoms with Crippen molar-refractivity contribution in [3.8, 4) is 5.88 Å². The fraction of sp³-hybridized carbons (Fsp3) is 0.368. The van der Waals surface area contributed by atoms with Crippen LogP contribution in [0.4, 0.5) is 18.0 Å². The number of amides is 2. The van der Waals surface area contributed by atoms with E-state index in [9.17, 15) is 18.0 Å². The molecular formula is C19H20F3N3O2. The van der Waals surface area contributed by atoms with Gasteiger partial charge in [0.1, 0.15) is 6.10 Å². The number of aryl methyl sites for hydroxylation is 1. The zero-order valence-corrected chi connectivity index (χ0v) is 14.6. The van der Waals surface area contributed by atoms with Gasteiger partial charge in [-0.2, -0.15) is 13.2 Å². The second-order valence-corrected chi connectivity index (χ2v) is 6.35. The first kappa shape index (κ1) is 19.0. The number of pyridine rings is 1. The van der Waals surface area contributed by atoms with E-state index in [2.05, 4.69) is 10.3 Å². The van der Waals surface area contributed by atoms with Gasteiger partial charge in [-0.3, -0.25) is 0 Å². The molecule has 0 unspecified atom stereocenters. The number of hydrogen-bond acceptors (Lipinski definition) is 3. The summed E-state index contributed by atoms with van der Waals surface area (Å²) in [6.45, 7) is 1.20. The van der Waals surface area contributed by atoms with E-state index in [-0.39, 0.29) is 18.0 Å². The molecule has 0 spiro atoms. The zero-order chi connectivity index (χ0) is 19.3. The quantitative estimate of drug-likeness (QED) is 0.782. The number of rotatable bonds is 6. The molecule has 1 N–H and O–H groups in total. The minimum atomic E-state index is -4.44. The average molecular weight is 379 g/mol. The predicted octanol–water partition coefficient (Wildman–Crippen LogP) is 3.51. The van der Waals surface area contributed by atoms with Crippen molar-refractivity contribution in [1.82, 2.24) is 15.2 Å². The fourth-order valence-electron chi connectivity index (χ4n) is 2.74. The molecule has 5 nitrogen and oxygen atoms in total. The molecule has 0 radical (unpaired) electrons. The Labute approximate surface area is 155 Å². The van der Waals surface area contributed by atoms with Crippen LogP contribution in [0.15, 0.2) is 48.7 Å². The van der Waals surface area contributed by atoms with Gasteiger partial charge in [0.25, 0.3) is 0 Å². The summed E-state index contributed by atoms with van der Waals surface area (Å²) in [6, 6.07) is 11.6. The number of urea groups is 1. The van der Waals surface area contributed by atoms with Crippen molar-refractivity contribution in [3.63, 3.8) is 0 Å². The largest absolute Gasteiger partial charge is 0.471 e. The van der Waals surface area contributed by atoms with Crippen LogP contribution in [0.25, 0.3) is 0 Å². The minimum absolute atomic E-state index is 0.0854.